The average molecular weight is 258 g/mol. The third-order valence-corrected chi connectivity index (χ3v) is 4.67. The Morgan fingerprint density at radius 3 is 2.84 bits per heavy atom. The highest BCUT2D eigenvalue weighted by Crippen LogP contribution is 2.50. The predicted octanol–water partition coefficient (Wildman–Crippen LogP) is 2.77. The Hall–Kier alpha value is -1.84. The summed E-state index contributed by atoms with van der Waals surface area (Å²) in [6.07, 6.45) is 5.24. The Morgan fingerprint density at radius 2 is 2.00 bits per heavy atom. The van der Waals surface area contributed by atoms with Gasteiger partial charge in [0.1, 0.15) is 18.4 Å². The van der Waals surface area contributed by atoms with Crippen LogP contribution in [0.1, 0.15) is 59.1 Å². The molecule has 1 aromatic heterocycles. The molecule has 3 aliphatic rings. The molecule has 1 atom stereocenters. The van der Waals surface area contributed by atoms with Gasteiger partial charge in [0.25, 0.3) is 0 Å². The number of Topliss-reactive ketones (excluding diaryl/α,β-unsaturated/α-hetero) is 1. The summed E-state index contributed by atoms with van der Waals surface area (Å²) in [4.78, 5) is 24.3. The molecular weight excluding hydrogens is 244 g/mol. The summed E-state index contributed by atoms with van der Waals surface area (Å²) in [6.45, 7) is 2.38. The summed E-state index contributed by atoms with van der Waals surface area (Å²) >= 11 is 0. The van der Waals surface area contributed by atoms with Crippen LogP contribution in [-0.4, -0.2) is 18.4 Å². The fourth-order valence-electron chi connectivity index (χ4n) is 3.72. The van der Waals surface area contributed by atoms with Gasteiger partial charge >= 0.3 is 5.97 Å². The minimum atomic E-state index is -0.380. The molecule has 0 radical (unpaired) electrons. The van der Waals surface area contributed by atoms with Crippen molar-refractivity contribution in [2.75, 3.05) is 6.61 Å². The maximum absolute atomic E-state index is 12.5. The molecule has 98 valence electrons. The van der Waals surface area contributed by atoms with E-state index in [0.29, 0.717) is 17.9 Å². The van der Waals surface area contributed by atoms with Gasteiger partial charge in [-0.2, -0.15) is 0 Å². The summed E-state index contributed by atoms with van der Waals surface area (Å²) in [7, 11) is 0. The zero-order chi connectivity index (χ0) is 13.2. The molecule has 0 saturated heterocycles. The lowest BCUT2D eigenvalue weighted by Crippen LogP contribution is -2.43. The molecule has 4 rings (SSSR count). The molecule has 0 aromatic carbocycles. The number of esters is 1. The monoisotopic (exact) mass is 258 g/mol. The summed E-state index contributed by atoms with van der Waals surface area (Å²) in [5.74, 6) is -0.0481. The SMILES string of the molecule is C[C@]12COC(=O)c3coc(c31)C(=O)C1=C2CCCC1. The largest absolute Gasteiger partial charge is 0.461 e. The van der Waals surface area contributed by atoms with Gasteiger partial charge in [0.2, 0.25) is 5.78 Å². The number of carbonyl (C=O) groups is 2. The highest BCUT2D eigenvalue weighted by atomic mass is 16.5. The van der Waals surface area contributed by atoms with Crippen LogP contribution in [0.5, 0.6) is 0 Å². The zero-order valence-electron chi connectivity index (χ0n) is 10.7. The third kappa shape index (κ3) is 1.19. The summed E-state index contributed by atoms with van der Waals surface area (Å²) in [5, 5.41) is 0. The average Bonchev–Trinajstić information content (AvgIpc) is 2.88. The van der Waals surface area contributed by atoms with E-state index in [9.17, 15) is 9.59 Å². The number of hydrogen-bond donors (Lipinski definition) is 0. The van der Waals surface area contributed by atoms with Crippen LogP contribution in [0.2, 0.25) is 0 Å². The van der Waals surface area contributed by atoms with Gasteiger partial charge in [-0.15, -0.1) is 0 Å². The van der Waals surface area contributed by atoms with E-state index in [0.717, 1.165) is 42.4 Å². The quantitative estimate of drug-likeness (QED) is 0.671. The molecule has 0 N–H and O–H groups in total. The van der Waals surface area contributed by atoms with Crippen molar-refractivity contribution in [2.24, 2.45) is 0 Å². The van der Waals surface area contributed by atoms with Crippen molar-refractivity contribution in [1.29, 1.82) is 0 Å². The molecule has 4 heteroatoms. The van der Waals surface area contributed by atoms with Crippen LogP contribution < -0.4 is 0 Å². The second kappa shape index (κ2) is 3.38. The van der Waals surface area contributed by atoms with Crippen molar-refractivity contribution in [3.8, 4) is 0 Å². The topological polar surface area (TPSA) is 56.5 Å². The molecule has 0 saturated carbocycles. The van der Waals surface area contributed by atoms with Crippen LogP contribution in [0.3, 0.4) is 0 Å². The first-order valence-electron chi connectivity index (χ1n) is 6.69. The van der Waals surface area contributed by atoms with Crippen LogP contribution in [0, 0.1) is 0 Å². The number of cyclic esters (lactones) is 1. The van der Waals surface area contributed by atoms with Gasteiger partial charge < -0.3 is 9.15 Å². The van der Waals surface area contributed by atoms with Crippen LogP contribution in [-0.2, 0) is 10.2 Å². The highest BCUT2D eigenvalue weighted by Gasteiger charge is 2.50. The van der Waals surface area contributed by atoms with Crippen molar-refractivity contribution in [3.05, 3.63) is 34.3 Å². The number of rotatable bonds is 0. The molecular formula is C15H14O4. The molecule has 2 aliphatic carbocycles. The molecule has 0 bridgehead atoms. The van der Waals surface area contributed by atoms with Gasteiger partial charge in [-0.25, -0.2) is 4.79 Å². The van der Waals surface area contributed by atoms with Crippen molar-refractivity contribution >= 4 is 11.8 Å². The van der Waals surface area contributed by atoms with Crippen molar-refractivity contribution in [1.82, 2.24) is 0 Å². The van der Waals surface area contributed by atoms with E-state index in [1.165, 1.54) is 6.26 Å². The van der Waals surface area contributed by atoms with Crippen LogP contribution >= 0.6 is 0 Å². The first-order chi connectivity index (χ1) is 9.13. The van der Waals surface area contributed by atoms with Gasteiger partial charge in [-0.1, -0.05) is 0 Å². The molecule has 0 fully saturated rings. The number of ether oxygens (including phenoxy) is 1. The van der Waals surface area contributed by atoms with Gasteiger partial charge in [-0.3, -0.25) is 4.79 Å². The second-order valence-corrected chi connectivity index (χ2v) is 5.76. The standard InChI is InChI=1S/C15H14O4/c1-15-7-19-14(17)9-6-18-13(11(9)15)12(16)8-4-2-3-5-10(8)15/h6H,2-5,7H2,1H3/t15-/m1/s1. The smallest absolute Gasteiger partial charge is 0.341 e. The number of hydrogen-bond acceptors (Lipinski definition) is 4. The normalized spacial score (nSPS) is 28.9. The molecule has 1 aromatic rings. The maximum Gasteiger partial charge on any atom is 0.341 e. The van der Waals surface area contributed by atoms with E-state index in [1.807, 2.05) is 0 Å². The lowest BCUT2D eigenvalue weighted by molar-refractivity contribution is 0.0383. The van der Waals surface area contributed by atoms with Gasteiger partial charge in [0, 0.05) is 11.1 Å². The number of fused-ring (bicyclic) bond motifs is 1. The number of carbonyl (C=O) groups excluding carboxylic acids is 2. The van der Waals surface area contributed by atoms with E-state index in [1.54, 1.807) is 0 Å². The van der Waals surface area contributed by atoms with E-state index in [-0.39, 0.29) is 17.2 Å². The van der Waals surface area contributed by atoms with E-state index in [4.69, 9.17) is 9.15 Å². The second-order valence-electron chi connectivity index (χ2n) is 5.76. The first-order valence-corrected chi connectivity index (χ1v) is 6.69. The van der Waals surface area contributed by atoms with Crippen molar-refractivity contribution < 1.29 is 18.7 Å². The summed E-state index contributed by atoms with van der Waals surface area (Å²) in [5.41, 5.74) is 2.87. The Morgan fingerprint density at radius 1 is 1.21 bits per heavy atom. The molecule has 19 heavy (non-hydrogen) atoms. The summed E-state index contributed by atoms with van der Waals surface area (Å²) < 4.78 is 10.7. The minimum Gasteiger partial charge on any atom is -0.461 e. The fourth-order valence-corrected chi connectivity index (χ4v) is 3.72. The van der Waals surface area contributed by atoms with Crippen molar-refractivity contribution in [3.63, 3.8) is 0 Å². The maximum atomic E-state index is 12.5. The Bertz CT molecular complexity index is 649. The Labute approximate surface area is 110 Å². The van der Waals surface area contributed by atoms with Crippen LogP contribution in [0.15, 0.2) is 21.8 Å². The molecule has 4 nitrogen and oxygen atoms in total. The third-order valence-electron chi connectivity index (χ3n) is 4.67. The van der Waals surface area contributed by atoms with E-state index in [2.05, 4.69) is 6.92 Å². The lowest BCUT2D eigenvalue weighted by atomic mass is 9.64. The molecule has 2 heterocycles. The number of allylic oxidation sites excluding steroid dienone is 1. The van der Waals surface area contributed by atoms with E-state index >= 15 is 0 Å². The van der Waals surface area contributed by atoms with Gasteiger partial charge in [0.05, 0.1) is 5.41 Å². The molecule has 0 spiro atoms. The Balaban J connectivity index is 2.04. The van der Waals surface area contributed by atoms with Crippen LogP contribution in [0.4, 0.5) is 0 Å². The molecule has 0 amide bonds. The highest BCUT2D eigenvalue weighted by molar-refractivity contribution is 6.12. The van der Waals surface area contributed by atoms with Gasteiger partial charge in [0.15, 0.2) is 5.76 Å². The van der Waals surface area contributed by atoms with E-state index < -0.39 is 0 Å². The fraction of sp³-hybridized carbons (Fsp3) is 0.467. The van der Waals surface area contributed by atoms with Crippen LogP contribution in [0.25, 0.3) is 0 Å². The van der Waals surface area contributed by atoms with Crippen molar-refractivity contribution in [2.45, 2.75) is 38.0 Å². The molecule has 1 aliphatic heterocycles. The minimum absolute atomic E-state index is 0.0249. The lowest BCUT2D eigenvalue weighted by Gasteiger charge is -2.41. The van der Waals surface area contributed by atoms with Gasteiger partial charge in [-0.05, 0) is 38.2 Å². The number of ketones is 1. The summed E-state index contributed by atoms with van der Waals surface area (Å²) in [6, 6.07) is 0. The zero-order valence-corrected chi connectivity index (χ0v) is 10.7. The first kappa shape index (κ1) is 11.0. The molecule has 0 unspecified atom stereocenters. The Kier molecular flexibility index (Phi) is 1.96. The number of furan rings is 1. The predicted molar refractivity (Wildman–Crippen MR) is 66.2 cm³/mol.